The summed E-state index contributed by atoms with van der Waals surface area (Å²) in [6.45, 7) is 8.42. The molecule has 0 unspecified atom stereocenters. The molecule has 0 atom stereocenters. The summed E-state index contributed by atoms with van der Waals surface area (Å²) in [5.41, 5.74) is 2.12. The van der Waals surface area contributed by atoms with Gasteiger partial charge in [-0.3, -0.25) is 0 Å². The van der Waals surface area contributed by atoms with Crippen LogP contribution in [0.2, 0.25) is 0 Å². The largest absolute Gasteiger partial charge is 0.250 e. The highest BCUT2D eigenvalue weighted by molar-refractivity contribution is 5.13. The number of aromatic nitrogens is 5. The van der Waals surface area contributed by atoms with Gasteiger partial charge in [0.05, 0.1) is 24.1 Å². The second-order valence-corrected chi connectivity index (χ2v) is 5.25. The van der Waals surface area contributed by atoms with Crippen LogP contribution >= 0.6 is 0 Å². The molecule has 0 bridgehead atoms. The van der Waals surface area contributed by atoms with Crippen LogP contribution in [0.4, 0.5) is 0 Å². The second kappa shape index (κ2) is 6.39. The summed E-state index contributed by atoms with van der Waals surface area (Å²) in [4.78, 5) is 4.75. The molecule has 0 radical (unpaired) electrons. The SMILES string of the molecule is C=Cn1cc[n+](Cc2cccc(C[n+]3ccn(CC)c3)n2)c1. The first-order valence-electron chi connectivity index (χ1n) is 7.45. The van der Waals surface area contributed by atoms with Crippen molar-refractivity contribution in [1.29, 1.82) is 0 Å². The maximum Gasteiger partial charge on any atom is 0.248 e. The molecular formula is C17H21N5+2. The van der Waals surface area contributed by atoms with Gasteiger partial charge in [0.2, 0.25) is 12.7 Å². The summed E-state index contributed by atoms with van der Waals surface area (Å²) in [7, 11) is 0. The van der Waals surface area contributed by atoms with Gasteiger partial charge in [0.15, 0.2) is 0 Å². The monoisotopic (exact) mass is 295 g/mol. The average Bonchev–Trinajstić information content (AvgIpc) is 3.16. The predicted octanol–water partition coefficient (Wildman–Crippen LogP) is 1.48. The number of rotatable bonds is 6. The fourth-order valence-electron chi connectivity index (χ4n) is 2.41. The van der Waals surface area contributed by atoms with E-state index >= 15 is 0 Å². The second-order valence-electron chi connectivity index (χ2n) is 5.25. The molecule has 5 heteroatoms. The third-order valence-corrected chi connectivity index (χ3v) is 3.59. The molecule has 0 saturated carbocycles. The number of hydrogen-bond acceptors (Lipinski definition) is 1. The van der Waals surface area contributed by atoms with E-state index in [1.54, 1.807) is 6.20 Å². The van der Waals surface area contributed by atoms with E-state index in [1.807, 2.05) is 23.3 Å². The molecule has 3 aromatic rings. The van der Waals surface area contributed by atoms with Gasteiger partial charge >= 0.3 is 0 Å². The highest BCUT2D eigenvalue weighted by Gasteiger charge is 2.07. The summed E-state index contributed by atoms with van der Waals surface area (Å²) in [5.74, 6) is 0. The van der Waals surface area contributed by atoms with Crippen LogP contribution in [0.5, 0.6) is 0 Å². The number of aryl methyl sites for hydroxylation is 1. The first kappa shape index (κ1) is 14.3. The van der Waals surface area contributed by atoms with Crippen LogP contribution in [0.1, 0.15) is 18.3 Å². The van der Waals surface area contributed by atoms with E-state index in [2.05, 4.69) is 64.1 Å². The number of nitrogens with zero attached hydrogens (tertiary/aromatic N) is 5. The minimum atomic E-state index is 0.759. The molecule has 0 aliphatic rings. The first-order chi connectivity index (χ1) is 10.8. The van der Waals surface area contributed by atoms with Gasteiger partial charge in [-0.25, -0.2) is 23.3 Å². The number of hydrogen-bond donors (Lipinski definition) is 0. The smallest absolute Gasteiger partial charge is 0.248 e. The number of pyridine rings is 1. The van der Waals surface area contributed by atoms with E-state index in [-0.39, 0.29) is 0 Å². The normalized spacial score (nSPS) is 10.8. The van der Waals surface area contributed by atoms with E-state index in [9.17, 15) is 0 Å². The van der Waals surface area contributed by atoms with E-state index in [0.29, 0.717) is 0 Å². The highest BCUT2D eigenvalue weighted by atomic mass is 15.1. The lowest BCUT2D eigenvalue weighted by atomic mass is 10.3. The quantitative estimate of drug-likeness (QED) is 0.634. The summed E-state index contributed by atoms with van der Waals surface area (Å²) in [6.07, 6.45) is 14.0. The Balaban J connectivity index is 1.72. The zero-order valence-corrected chi connectivity index (χ0v) is 12.8. The Labute approximate surface area is 130 Å². The molecule has 0 aliphatic carbocycles. The van der Waals surface area contributed by atoms with E-state index in [0.717, 1.165) is 31.0 Å². The van der Waals surface area contributed by atoms with Crippen LogP contribution in [0, 0.1) is 0 Å². The number of imidazole rings is 2. The van der Waals surface area contributed by atoms with Crippen molar-refractivity contribution >= 4 is 6.20 Å². The fraction of sp³-hybridized carbons (Fsp3) is 0.235. The van der Waals surface area contributed by atoms with Crippen molar-refractivity contribution in [3.8, 4) is 0 Å². The lowest BCUT2D eigenvalue weighted by Gasteiger charge is -2.01. The summed E-state index contributed by atoms with van der Waals surface area (Å²) in [5, 5.41) is 0. The van der Waals surface area contributed by atoms with Crippen LogP contribution in [-0.2, 0) is 19.6 Å². The summed E-state index contributed by atoms with van der Waals surface area (Å²) >= 11 is 0. The van der Waals surface area contributed by atoms with Crippen molar-refractivity contribution in [1.82, 2.24) is 14.1 Å². The molecular weight excluding hydrogens is 274 g/mol. The molecule has 0 aromatic carbocycles. The topological polar surface area (TPSA) is 30.5 Å². The van der Waals surface area contributed by atoms with Gasteiger partial charge in [-0.1, -0.05) is 12.6 Å². The molecule has 3 aromatic heterocycles. The van der Waals surface area contributed by atoms with Gasteiger partial charge in [0.25, 0.3) is 0 Å². The van der Waals surface area contributed by atoms with Gasteiger partial charge < -0.3 is 0 Å². The Bertz CT molecular complexity index is 769. The minimum Gasteiger partial charge on any atom is -0.250 e. The third-order valence-electron chi connectivity index (χ3n) is 3.59. The highest BCUT2D eigenvalue weighted by Crippen LogP contribution is 2.00. The van der Waals surface area contributed by atoms with Crippen molar-refractivity contribution in [2.75, 3.05) is 0 Å². The molecule has 0 saturated heterocycles. The van der Waals surface area contributed by atoms with E-state index in [4.69, 9.17) is 4.98 Å². The van der Waals surface area contributed by atoms with Crippen LogP contribution in [0.15, 0.2) is 62.2 Å². The van der Waals surface area contributed by atoms with Crippen molar-refractivity contribution in [2.45, 2.75) is 26.6 Å². The molecule has 0 aliphatic heterocycles. The maximum atomic E-state index is 4.75. The van der Waals surface area contributed by atoms with Gasteiger partial charge in [-0.05, 0) is 19.1 Å². The molecule has 3 rings (SSSR count). The van der Waals surface area contributed by atoms with E-state index in [1.165, 1.54) is 0 Å². The van der Waals surface area contributed by atoms with Gasteiger partial charge in [-0.2, -0.15) is 0 Å². The third kappa shape index (κ3) is 3.31. The van der Waals surface area contributed by atoms with Crippen molar-refractivity contribution < 1.29 is 9.13 Å². The molecule has 112 valence electrons. The van der Waals surface area contributed by atoms with Crippen LogP contribution in [0.25, 0.3) is 6.20 Å². The van der Waals surface area contributed by atoms with Crippen LogP contribution in [-0.4, -0.2) is 14.1 Å². The van der Waals surface area contributed by atoms with Crippen molar-refractivity contribution in [2.24, 2.45) is 0 Å². The molecule has 0 fully saturated rings. The van der Waals surface area contributed by atoms with Gasteiger partial charge in [0.1, 0.15) is 37.9 Å². The van der Waals surface area contributed by atoms with Crippen molar-refractivity contribution in [3.05, 3.63) is 73.6 Å². The lowest BCUT2D eigenvalue weighted by molar-refractivity contribution is -0.689. The molecule has 0 N–H and O–H groups in total. The maximum absolute atomic E-state index is 4.75. The summed E-state index contributed by atoms with van der Waals surface area (Å²) < 4.78 is 8.32. The molecule has 3 heterocycles. The Morgan fingerprint density at radius 1 is 1.09 bits per heavy atom. The Morgan fingerprint density at radius 2 is 1.77 bits per heavy atom. The molecule has 5 nitrogen and oxygen atoms in total. The van der Waals surface area contributed by atoms with Crippen molar-refractivity contribution in [3.63, 3.8) is 0 Å². The average molecular weight is 295 g/mol. The molecule has 0 spiro atoms. The lowest BCUT2D eigenvalue weighted by Crippen LogP contribution is -2.34. The zero-order chi connectivity index (χ0) is 15.4. The van der Waals surface area contributed by atoms with E-state index < -0.39 is 0 Å². The molecule has 0 amide bonds. The summed E-state index contributed by atoms with van der Waals surface area (Å²) in [6, 6.07) is 6.20. The Morgan fingerprint density at radius 3 is 2.36 bits per heavy atom. The molecule has 22 heavy (non-hydrogen) atoms. The minimum absolute atomic E-state index is 0.759. The Kier molecular flexibility index (Phi) is 4.14. The Hall–Kier alpha value is -2.69. The van der Waals surface area contributed by atoms with Gasteiger partial charge in [-0.15, -0.1) is 0 Å². The zero-order valence-electron chi connectivity index (χ0n) is 12.8. The van der Waals surface area contributed by atoms with Gasteiger partial charge in [0, 0.05) is 0 Å². The standard InChI is InChI=1S/C17H21N5/c1-3-19-8-10-21(14-19)12-16-6-5-7-17(18-16)13-22-11-9-20(4-2)15-22/h3,5-11,14-15H,1,4,12-13H2,2H3/q+2. The van der Waals surface area contributed by atoms with Crippen LogP contribution in [0.3, 0.4) is 0 Å². The fourth-order valence-corrected chi connectivity index (χ4v) is 2.41. The van der Waals surface area contributed by atoms with Crippen LogP contribution < -0.4 is 9.13 Å². The predicted molar refractivity (Wildman–Crippen MR) is 83.8 cm³/mol. The first-order valence-corrected chi connectivity index (χ1v) is 7.45.